The highest BCUT2D eigenvalue weighted by molar-refractivity contribution is 5.82. The lowest BCUT2D eigenvalue weighted by Crippen LogP contribution is -2.45. The smallest absolute Gasteiger partial charge is 0.228 e. The van der Waals surface area contributed by atoms with E-state index in [1.54, 1.807) is 0 Å². The molecule has 1 aliphatic heterocycles. The Morgan fingerprint density at radius 2 is 2.11 bits per heavy atom. The fourth-order valence-corrected chi connectivity index (χ4v) is 2.65. The average Bonchev–Trinajstić information content (AvgIpc) is 3.03. The minimum atomic E-state index is -0.323. The largest absolute Gasteiger partial charge is 0.381 e. The zero-order chi connectivity index (χ0) is 13.2. The van der Waals surface area contributed by atoms with Gasteiger partial charge in [-0.15, -0.1) is 0 Å². The summed E-state index contributed by atoms with van der Waals surface area (Å²) in [7, 11) is 0. The van der Waals surface area contributed by atoms with E-state index in [-0.39, 0.29) is 11.3 Å². The average molecular weight is 254 g/mol. The Bertz CT molecular complexity index is 294. The van der Waals surface area contributed by atoms with Crippen molar-refractivity contribution in [1.29, 1.82) is 0 Å². The van der Waals surface area contributed by atoms with Crippen LogP contribution in [-0.4, -0.2) is 43.2 Å². The topological polar surface area (TPSA) is 55.6 Å². The predicted octanol–water partition coefficient (Wildman–Crippen LogP) is 1.39. The number of nitrogens with zero attached hydrogens (tertiary/aromatic N) is 1. The lowest BCUT2D eigenvalue weighted by Gasteiger charge is -2.33. The molecule has 0 radical (unpaired) electrons. The summed E-state index contributed by atoms with van der Waals surface area (Å²) in [6.45, 7) is 7.14. The molecular formula is C14H26N2O2. The monoisotopic (exact) mass is 254 g/mol. The predicted molar refractivity (Wildman–Crippen MR) is 71.1 cm³/mol. The van der Waals surface area contributed by atoms with Crippen molar-refractivity contribution < 1.29 is 9.53 Å². The molecule has 1 aliphatic carbocycles. The lowest BCUT2D eigenvalue weighted by atomic mass is 9.87. The fraction of sp³-hybridized carbons (Fsp3) is 0.929. The van der Waals surface area contributed by atoms with E-state index in [0.29, 0.717) is 18.5 Å². The van der Waals surface area contributed by atoms with Gasteiger partial charge in [-0.05, 0) is 32.2 Å². The molecule has 0 aromatic rings. The summed E-state index contributed by atoms with van der Waals surface area (Å²) in [5.74, 6) is 0.811. The van der Waals surface area contributed by atoms with Crippen molar-refractivity contribution in [2.45, 2.75) is 45.6 Å². The maximum absolute atomic E-state index is 12.7. The van der Waals surface area contributed by atoms with Gasteiger partial charge in [0.1, 0.15) is 0 Å². The Morgan fingerprint density at radius 3 is 2.61 bits per heavy atom. The van der Waals surface area contributed by atoms with Gasteiger partial charge >= 0.3 is 0 Å². The van der Waals surface area contributed by atoms with Crippen molar-refractivity contribution in [3.8, 4) is 0 Å². The van der Waals surface area contributed by atoms with Crippen LogP contribution in [0.15, 0.2) is 0 Å². The molecular weight excluding hydrogens is 228 g/mol. The molecule has 0 bridgehead atoms. The van der Waals surface area contributed by atoms with Gasteiger partial charge in [0.25, 0.3) is 0 Å². The third-order valence-corrected chi connectivity index (χ3v) is 4.08. The minimum Gasteiger partial charge on any atom is -0.381 e. The maximum Gasteiger partial charge on any atom is 0.228 e. The third-order valence-electron chi connectivity index (χ3n) is 4.08. The Morgan fingerprint density at radius 1 is 1.39 bits per heavy atom. The van der Waals surface area contributed by atoms with Crippen molar-refractivity contribution in [1.82, 2.24) is 4.90 Å². The van der Waals surface area contributed by atoms with Crippen LogP contribution >= 0.6 is 0 Å². The highest BCUT2D eigenvalue weighted by Gasteiger charge is 2.40. The molecule has 0 aromatic heterocycles. The first-order chi connectivity index (χ1) is 8.54. The first-order valence-corrected chi connectivity index (χ1v) is 7.13. The molecule has 1 heterocycles. The van der Waals surface area contributed by atoms with Gasteiger partial charge in [0, 0.05) is 30.5 Å². The van der Waals surface area contributed by atoms with Crippen LogP contribution in [0.25, 0.3) is 0 Å². The van der Waals surface area contributed by atoms with Crippen molar-refractivity contribution in [2.24, 2.45) is 17.1 Å². The van der Waals surface area contributed by atoms with Crippen molar-refractivity contribution in [3.05, 3.63) is 0 Å². The fourth-order valence-electron chi connectivity index (χ4n) is 2.65. The molecule has 2 aliphatic rings. The number of hydrogen-bond donors (Lipinski definition) is 1. The van der Waals surface area contributed by atoms with Gasteiger partial charge in [-0.1, -0.05) is 13.8 Å². The minimum absolute atomic E-state index is 0.280. The van der Waals surface area contributed by atoms with Crippen LogP contribution in [0.5, 0.6) is 0 Å². The first-order valence-electron chi connectivity index (χ1n) is 7.13. The molecule has 2 N–H and O–H groups in total. The van der Waals surface area contributed by atoms with E-state index in [1.165, 1.54) is 0 Å². The van der Waals surface area contributed by atoms with Crippen LogP contribution in [-0.2, 0) is 9.53 Å². The van der Waals surface area contributed by atoms with Crippen LogP contribution in [0.4, 0.5) is 0 Å². The molecule has 0 aromatic carbocycles. The maximum atomic E-state index is 12.7. The van der Waals surface area contributed by atoms with Gasteiger partial charge in [0.15, 0.2) is 0 Å². The quantitative estimate of drug-likeness (QED) is 0.779. The zero-order valence-corrected chi connectivity index (χ0v) is 11.7. The highest BCUT2D eigenvalue weighted by Crippen LogP contribution is 2.33. The standard InChI is InChI=1S/C14H26N2O2/c1-14(2,6-7-15)13(17)16(12-3-4-12)9-11-5-8-18-10-11/h11-12H,3-10,15H2,1-2H3. The summed E-state index contributed by atoms with van der Waals surface area (Å²) < 4.78 is 5.41. The van der Waals surface area contributed by atoms with Crippen LogP contribution in [0.3, 0.4) is 0 Å². The van der Waals surface area contributed by atoms with Gasteiger partial charge in [0.2, 0.25) is 5.91 Å². The summed E-state index contributed by atoms with van der Waals surface area (Å²) in [6, 6.07) is 0.482. The molecule has 4 heteroatoms. The molecule has 1 amide bonds. The van der Waals surface area contributed by atoms with Crippen LogP contribution in [0, 0.1) is 11.3 Å². The molecule has 0 spiro atoms. The first kappa shape index (κ1) is 13.8. The number of carbonyl (C=O) groups excluding carboxylic acids is 1. The van der Waals surface area contributed by atoms with Gasteiger partial charge in [-0.25, -0.2) is 0 Å². The number of rotatable bonds is 6. The zero-order valence-electron chi connectivity index (χ0n) is 11.7. The summed E-state index contributed by atoms with van der Waals surface area (Å²) in [6.07, 6.45) is 4.18. The van der Waals surface area contributed by atoms with Gasteiger partial charge in [-0.3, -0.25) is 4.79 Å². The third kappa shape index (κ3) is 3.23. The Hall–Kier alpha value is -0.610. The Kier molecular flexibility index (Phi) is 4.28. The van der Waals surface area contributed by atoms with Crippen molar-refractivity contribution >= 4 is 5.91 Å². The normalized spacial score (nSPS) is 24.3. The number of ether oxygens (including phenoxy) is 1. The second-order valence-electron chi connectivity index (χ2n) is 6.34. The molecule has 2 fully saturated rings. The van der Waals surface area contributed by atoms with E-state index < -0.39 is 0 Å². The Labute approximate surface area is 110 Å². The SMILES string of the molecule is CC(C)(CCN)C(=O)N(CC1CCOC1)C1CC1. The molecule has 104 valence electrons. The van der Waals surface area contributed by atoms with Crippen LogP contribution in [0.2, 0.25) is 0 Å². The van der Waals surface area contributed by atoms with Crippen LogP contribution in [0.1, 0.15) is 39.5 Å². The second-order valence-corrected chi connectivity index (χ2v) is 6.34. The molecule has 2 rings (SSSR count). The van der Waals surface area contributed by atoms with Crippen molar-refractivity contribution in [3.63, 3.8) is 0 Å². The molecule has 1 saturated heterocycles. The highest BCUT2D eigenvalue weighted by atomic mass is 16.5. The summed E-state index contributed by atoms with van der Waals surface area (Å²) >= 11 is 0. The van der Waals surface area contributed by atoms with Gasteiger partial charge < -0.3 is 15.4 Å². The van der Waals surface area contributed by atoms with Crippen LogP contribution < -0.4 is 5.73 Å². The van der Waals surface area contributed by atoms with E-state index >= 15 is 0 Å². The molecule has 1 saturated carbocycles. The van der Waals surface area contributed by atoms with E-state index in [9.17, 15) is 4.79 Å². The van der Waals surface area contributed by atoms with Gasteiger partial charge in [0.05, 0.1) is 6.61 Å². The van der Waals surface area contributed by atoms with Crippen molar-refractivity contribution in [2.75, 3.05) is 26.3 Å². The summed E-state index contributed by atoms with van der Waals surface area (Å²) in [5, 5.41) is 0. The van der Waals surface area contributed by atoms with E-state index in [0.717, 1.165) is 45.4 Å². The summed E-state index contributed by atoms with van der Waals surface area (Å²) in [4.78, 5) is 14.8. The Balaban J connectivity index is 1.97. The number of nitrogens with two attached hydrogens (primary N) is 1. The van der Waals surface area contributed by atoms with E-state index in [4.69, 9.17) is 10.5 Å². The van der Waals surface area contributed by atoms with E-state index in [1.807, 2.05) is 13.8 Å². The molecule has 18 heavy (non-hydrogen) atoms. The molecule has 1 unspecified atom stereocenters. The number of amides is 1. The van der Waals surface area contributed by atoms with E-state index in [2.05, 4.69) is 4.90 Å². The van der Waals surface area contributed by atoms with Gasteiger partial charge in [-0.2, -0.15) is 0 Å². The number of carbonyl (C=O) groups is 1. The molecule has 4 nitrogen and oxygen atoms in total. The lowest BCUT2D eigenvalue weighted by molar-refractivity contribution is -0.142. The summed E-state index contributed by atoms with van der Waals surface area (Å²) in [5.41, 5.74) is 5.29. The molecule has 1 atom stereocenters. The second kappa shape index (κ2) is 5.57. The number of hydrogen-bond acceptors (Lipinski definition) is 3.